The Balaban J connectivity index is 0.00000312. The van der Waals surface area contributed by atoms with Gasteiger partial charge in [-0.1, -0.05) is 30.3 Å². The zero-order valence-corrected chi connectivity index (χ0v) is 17.8. The first-order valence-electron chi connectivity index (χ1n) is 9.07. The maximum atomic E-state index is 12.0. The number of rotatable bonds is 8. The smallest absolute Gasteiger partial charge is 0.224 e. The second-order valence-electron chi connectivity index (χ2n) is 6.08. The van der Waals surface area contributed by atoms with Crippen molar-refractivity contribution in [3.8, 4) is 0 Å². The van der Waals surface area contributed by atoms with E-state index in [1.54, 1.807) is 0 Å². The molecule has 25 heavy (non-hydrogen) atoms. The Morgan fingerprint density at radius 2 is 1.88 bits per heavy atom. The lowest BCUT2D eigenvalue weighted by Gasteiger charge is -2.18. The van der Waals surface area contributed by atoms with E-state index in [9.17, 15) is 4.79 Å². The van der Waals surface area contributed by atoms with E-state index in [0.29, 0.717) is 24.9 Å². The number of aliphatic imine (C=N–C) groups is 1. The average molecular weight is 458 g/mol. The average Bonchev–Trinajstić information content (AvgIpc) is 3.36. The van der Waals surface area contributed by atoms with Crippen molar-refractivity contribution in [2.24, 2.45) is 4.99 Å². The lowest BCUT2D eigenvalue weighted by molar-refractivity contribution is -0.130. The quantitative estimate of drug-likeness (QED) is 0.358. The van der Waals surface area contributed by atoms with E-state index in [4.69, 9.17) is 0 Å². The van der Waals surface area contributed by atoms with Gasteiger partial charge in [0.1, 0.15) is 0 Å². The van der Waals surface area contributed by atoms with E-state index < -0.39 is 0 Å². The molecule has 1 amide bonds. The maximum absolute atomic E-state index is 12.0. The van der Waals surface area contributed by atoms with E-state index >= 15 is 0 Å². The molecule has 0 bridgehead atoms. The monoisotopic (exact) mass is 458 g/mol. The van der Waals surface area contributed by atoms with Gasteiger partial charge in [0.15, 0.2) is 5.96 Å². The second kappa shape index (κ2) is 11.3. The minimum absolute atomic E-state index is 0. The van der Waals surface area contributed by atoms with Gasteiger partial charge < -0.3 is 15.5 Å². The predicted molar refractivity (Wildman–Crippen MR) is 115 cm³/mol. The Morgan fingerprint density at radius 3 is 2.48 bits per heavy atom. The van der Waals surface area contributed by atoms with Crippen molar-refractivity contribution in [1.82, 2.24) is 15.5 Å². The summed E-state index contributed by atoms with van der Waals surface area (Å²) in [4.78, 5) is 18.4. The number of nitrogens with one attached hydrogen (secondary N) is 2. The molecule has 0 aliphatic heterocycles. The highest BCUT2D eigenvalue weighted by Gasteiger charge is 2.38. The molecule has 1 fully saturated rings. The number of carbonyl (C=O) groups excluding carboxylic acids is 1. The molecule has 0 aromatic heterocycles. The standard InChI is InChI=1S/C19H30N4O.HI/c1-4-20-19(21-13-12-18(24)23(5-2)6-3)22-17-14-16(17)15-10-8-7-9-11-15;/h7-11,16-17H,4-6,12-14H2,1-3H3,(H2,20,21,22);1H. The van der Waals surface area contributed by atoms with E-state index in [1.807, 2.05) is 24.8 Å². The molecule has 6 heteroatoms. The van der Waals surface area contributed by atoms with Gasteiger partial charge in [0.25, 0.3) is 0 Å². The molecule has 2 rings (SSSR count). The van der Waals surface area contributed by atoms with Crippen LogP contribution < -0.4 is 10.6 Å². The molecule has 0 radical (unpaired) electrons. The topological polar surface area (TPSA) is 56.7 Å². The fourth-order valence-corrected chi connectivity index (χ4v) is 2.92. The summed E-state index contributed by atoms with van der Waals surface area (Å²) < 4.78 is 0. The van der Waals surface area contributed by atoms with Gasteiger partial charge in [-0.05, 0) is 32.8 Å². The molecule has 1 aromatic rings. The van der Waals surface area contributed by atoms with Gasteiger partial charge in [-0.15, -0.1) is 24.0 Å². The van der Waals surface area contributed by atoms with E-state index in [-0.39, 0.29) is 29.9 Å². The molecule has 2 unspecified atom stereocenters. The molecule has 1 aliphatic carbocycles. The first-order valence-corrected chi connectivity index (χ1v) is 9.07. The highest BCUT2D eigenvalue weighted by atomic mass is 127. The summed E-state index contributed by atoms with van der Waals surface area (Å²) in [6.07, 6.45) is 1.60. The molecule has 0 saturated heterocycles. The molecule has 1 aliphatic rings. The third kappa shape index (κ3) is 6.84. The van der Waals surface area contributed by atoms with Gasteiger partial charge in [-0.2, -0.15) is 0 Å². The third-order valence-electron chi connectivity index (χ3n) is 4.40. The van der Waals surface area contributed by atoms with Crippen molar-refractivity contribution < 1.29 is 4.79 Å². The highest BCUT2D eigenvalue weighted by molar-refractivity contribution is 14.0. The van der Waals surface area contributed by atoms with Crippen LogP contribution in [-0.4, -0.2) is 49.0 Å². The van der Waals surface area contributed by atoms with Crippen LogP contribution in [0.4, 0.5) is 0 Å². The number of carbonyl (C=O) groups is 1. The van der Waals surface area contributed by atoms with Crippen molar-refractivity contribution in [3.05, 3.63) is 35.9 Å². The van der Waals surface area contributed by atoms with Gasteiger partial charge in [0, 0.05) is 38.0 Å². The van der Waals surface area contributed by atoms with Crippen LogP contribution in [0.3, 0.4) is 0 Å². The molecule has 0 heterocycles. The van der Waals surface area contributed by atoms with Crippen LogP contribution >= 0.6 is 24.0 Å². The Kier molecular flexibility index (Phi) is 9.85. The van der Waals surface area contributed by atoms with Crippen LogP contribution in [0.5, 0.6) is 0 Å². The fraction of sp³-hybridized carbons (Fsp3) is 0.579. The fourth-order valence-electron chi connectivity index (χ4n) is 2.92. The van der Waals surface area contributed by atoms with Gasteiger partial charge >= 0.3 is 0 Å². The summed E-state index contributed by atoms with van der Waals surface area (Å²) in [6.45, 7) is 8.93. The van der Waals surface area contributed by atoms with Gasteiger partial charge in [0.2, 0.25) is 5.91 Å². The summed E-state index contributed by atoms with van der Waals surface area (Å²) in [5.74, 6) is 1.55. The Labute approximate surface area is 168 Å². The molecule has 0 spiro atoms. The summed E-state index contributed by atoms with van der Waals surface area (Å²) in [5, 5.41) is 6.76. The van der Waals surface area contributed by atoms with Crippen LogP contribution in [0.2, 0.25) is 0 Å². The number of guanidine groups is 1. The number of nitrogens with zero attached hydrogens (tertiary/aromatic N) is 2. The van der Waals surface area contributed by atoms with E-state index in [2.05, 4.69) is 46.8 Å². The van der Waals surface area contributed by atoms with Crippen molar-refractivity contribution in [3.63, 3.8) is 0 Å². The van der Waals surface area contributed by atoms with Gasteiger partial charge in [-0.3, -0.25) is 9.79 Å². The van der Waals surface area contributed by atoms with Crippen molar-refractivity contribution in [2.45, 2.75) is 45.6 Å². The van der Waals surface area contributed by atoms with Crippen molar-refractivity contribution in [1.29, 1.82) is 0 Å². The Morgan fingerprint density at radius 1 is 1.20 bits per heavy atom. The summed E-state index contributed by atoms with van der Waals surface area (Å²) in [7, 11) is 0. The molecule has 2 atom stereocenters. The molecular weight excluding hydrogens is 427 g/mol. The predicted octanol–water partition coefficient (Wildman–Crippen LogP) is 2.97. The molecule has 5 nitrogen and oxygen atoms in total. The summed E-state index contributed by atoms with van der Waals surface area (Å²) in [5.41, 5.74) is 1.38. The van der Waals surface area contributed by atoms with E-state index in [0.717, 1.165) is 32.0 Å². The summed E-state index contributed by atoms with van der Waals surface area (Å²) >= 11 is 0. The van der Waals surface area contributed by atoms with Crippen LogP contribution in [0.1, 0.15) is 45.1 Å². The van der Waals surface area contributed by atoms with Crippen molar-refractivity contribution in [2.75, 3.05) is 26.2 Å². The minimum atomic E-state index is 0. The van der Waals surface area contributed by atoms with Crippen LogP contribution in [-0.2, 0) is 4.79 Å². The zero-order valence-electron chi connectivity index (χ0n) is 15.5. The zero-order chi connectivity index (χ0) is 17.4. The SMILES string of the molecule is CCNC(=NCCC(=O)N(CC)CC)NC1CC1c1ccccc1.I. The largest absolute Gasteiger partial charge is 0.357 e. The van der Waals surface area contributed by atoms with Gasteiger partial charge in [0.05, 0.1) is 6.54 Å². The third-order valence-corrected chi connectivity index (χ3v) is 4.40. The number of halogens is 1. The molecule has 1 aromatic carbocycles. The minimum Gasteiger partial charge on any atom is -0.357 e. The lowest BCUT2D eigenvalue weighted by Crippen LogP contribution is -2.39. The second-order valence-corrected chi connectivity index (χ2v) is 6.08. The van der Waals surface area contributed by atoms with Gasteiger partial charge in [-0.25, -0.2) is 0 Å². The maximum Gasteiger partial charge on any atom is 0.224 e. The molecule has 2 N–H and O–H groups in total. The number of benzene rings is 1. The normalized spacial score (nSPS) is 18.9. The Hall–Kier alpha value is -1.31. The first-order chi connectivity index (χ1) is 11.7. The van der Waals surface area contributed by atoms with Crippen molar-refractivity contribution >= 4 is 35.8 Å². The highest BCUT2D eigenvalue weighted by Crippen LogP contribution is 2.40. The summed E-state index contributed by atoms with van der Waals surface area (Å²) in [6, 6.07) is 11.0. The molecule has 140 valence electrons. The number of hydrogen-bond donors (Lipinski definition) is 2. The first kappa shape index (κ1) is 21.7. The Bertz CT molecular complexity index is 546. The number of amides is 1. The van der Waals surface area contributed by atoms with Crippen LogP contribution in [0.25, 0.3) is 0 Å². The molecule has 1 saturated carbocycles. The molecular formula is C19H31IN4O. The lowest BCUT2D eigenvalue weighted by atomic mass is 10.1. The van der Waals surface area contributed by atoms with Crippen LogP contribution in [0.15, 0.2) is 35.3 Å². The number of hydrogen-bond acceptors (Lipinski definition) is 2. The van der Waals surface area contributed by atoms with Crippen LogP contribution in [0, 0.1) is 0 Å². The van der Waals surface area contributed by atoms with E-state index in [1.165, 1.54) is 5.56 Å².